The Labute approximate surface area is 102 Å². The smallest absolute Gasteiger partial charge is 0.244 e. The third-order valence-corrected chi connectivity index (χ3v) is 2.38. The number of amides is 1. The molecule has 0 aromatic carbocycles. The van der Waals surface area contributed by atoms with Gasteiger partial charge in [-0.05, 0) is 27.7 Å². The summed E-state index contributed by atoms with van der Waals surface area (Å²) in [5.41, 5.74) is 0.867. The SMILES string of the molecule is CNC(=O)C(C)n1cc(CNC(C)(C)C)nn1. The highest BCUT2D eigenvalue weighted by molar-refractivity contribution is 5.79. The summed E-state index contributed by atoms with van der Waals surface area (Å²) in [6.07, 6.45) is 1.79. The molecular weight excluding hydrogens is 218 g/mol. The van der Waals surface area contributed by atoms with Gasteiger partial charge in [0.2, 0.25) is 5.91 Å². The Hall–Kier alpha value is -1.43. The summed E-state index contributed by atoms with van der Waals surface area (Å²) in [7, 11) is 1.61. The van der Waals surface area contributed by atoms with Gasteiger partial charge in [-0.1, -0.05) is 5.21 Å². The molecule has 1 unspecified atom stereocenters. The van der Waals surface area contributed by atoms with Crippen molar-refractivity contribution in [3.63, 3.8) is 0 Å². The van der Waals surface area contributed by atoms with Gasteiger partial charge in [0.25, 0.3) is 0 Å². The van der Waals surface area contributed by atoms with E-state index in [1.165, 1.54) is 0 Å². The van der Waals surface area contributed by atoms with E-state index in [4.69, 9.17) is 0 Å². The van der Waals surface area contributed by atoms with Crippen molar-refractivity contribution in [2.24, 2.45) is 0 Å². The number of carbonyl (C=O) groups is 1. The summed E-state index contributed by atoms with van der Waals surface area (Å²) in [6, 6.07) is -0.337. The van der Waals surface area contributed by atoms with Crippen molar-refractivity contribution in [3.05, 3.63) is 11.9 Å². The average molecular weight is 239 g/mol. The highest BCUT2D eigenvalue weighted by Crippen LogP contribution is 2.06. The lowest BCUT2D eigenvalue weighted by molar-refractivity contribution is -0.123. The van der Waals surface area contributed by atoms with E-state index >= 15 is 0 Å². The van der Waals surface area contributed by atoms with Crippen LogP contribution < -0.4 is 10.6 Å². The molecule has 17 heavy (non-hydrogen) atoms. The standard InChI is InChI=1S/C11H21N5O/c1-8(10(17)12-5)16-7-9(14-15-16)6-13-11(2,3)4/h7-8,13H,6H2,1-5H3,(H,12,17). The molecule has 0 saturated heterocycles. The van der Waals surface area contributed by atoms with Crippen LogP contribution >= 0.6 is 0 Å². The van der Waals surface area contributed by atoms with Crippen LogP contribution in [0.15, 0.2) is 6.20 Å². The Morgan fingerprint density at radius 1 is 1.53 bits per heavy atom. The molecule has 0 aliphatic heterocycles. The second-order valence-corrected chi connectivity index (χ2v) is 5.08. The number of nitrogens with one attached hydrogen (secondary N) is 2. The van der Waals surface area contributed by atoms with Gasteiger partial charge >= 0.3 is 0 Å². The van der Waals surface area contributed by atoms with E-state index < -0.39 is 0 Å². The number of aromatic nitrogens is 3. The third-order valence-electron chi connectivity index (χ3n) is 2.38. The van der Waals surface area contributed by atoms with Crippen molar-refractivity contribution >= 4 is 5.91 Å². The van der Waals surface area contributed by atoms with Gasteiger partial charge in [-0.15, -0.1) is 5.10 Å². The molecule has 6 heteroatoms. The van der Waals surface area contributed by atoms with E-state index in [1.807, 2.05) is 0 Å². The van der Waals surface area contributed by atoms with Gasteiger partial charge in [-0.2, -0.15) is 0 Å². The first-order valence-corrected chi connectivity index (χ1v) is 5.71. The van der Waals surface area contributed by atoms with Crippen molar-refractivity contribution in [1.29, 1.82) is 0 Å². The average Bonchev–Trinajstić information content (AvgIpc) is 2.72. The van der Waals surface area contributed by atoms with Crippen LogP contribution in [-0.2, 0) is 11.3 Å². The van der Waals surface area contributed by atoms with Crippen molar-refractivity contribution in [3.8, 4) is 0 Å². The quantitative estimate of drug-likeness (QED) is 0.801. The van der Waals surface area contributed by atoms with E-state index in [9.17, 15) is 4.79 Å². The zero-order chi connectivity index (χ0) is 13.1. The summed E-state index contributed by atoms with van der Waals surface area (Å²) in [5, 5.41) is 13.9. The topological polar surface area (TPSA) is 71.8 Å². The maximum absolute atomic E-state index is 11.4. The van der Waals surface area contributed by atoms with Crippen LogP contribution in [0.1, 0.15) is 39.4 Å². The maximum Gasteiger partial charge on any atom is 0.244 e. The molecule has 1 aromatic rings. The van der Waals surface area contributed by atoms with Gasteiger partial charge in [0, 0.05) is 19.1 Å². The van der Waals surface area contributed by atoms with E-state index in [1.54, 1.807) is 24.9 Å². The monoisotopic (exact) mass is 239 g/mol. The molecule has 96 valence electrons. The fraction of sp³-hybridized carbons (Fsp3) is 0.727. The Bertz CT molecular complexity index is 379. The van der Waals surface area contributed by atoms with Crippen molar-refractivity contribution in [2.45, 2.75) is 45.8 Å². The van der Waals surface area contributed by atoms with Crippen LogP contribution in [0.2, 0.25) is 0 Å². The normalized spacial score (nSPS) is 13.5. The summed E-state index contributed by atoms with van der Waals surface area (Å²) < 4.78 is 1.57. The van der Waals surface area contributed by atoms with Gasteiger partial charge in [0.1, 0.15) is 6.04 Å². The second kappa shape index (κ2) is 5.27. The van der Waals surface area contributed by atoms with E-state index in [0.29, 0.717) is 6.54 Å². The number of hydrogen-bond acceptors (Lipinski definition) is 4. The number of carbonyl (C=O) groups excluding carboxylic acids is 1. The van der Waals surface area contributed by atoms with Crippen molar-refractivity contribution < 1.29 is 4.79 Å². The second-order valence-electron chi connectivity index (χ2n) is 5.08. The minimum absolute atomic E-state index is 0.0379. The van der Waals surface area contributed by atoms with Gasteiger partial charge in [-0.25, -0.2) is 4.68 Å². The molecule has 6 nitrogen and oxygen atoms in total. The molecule has 2 N–H and O–H groups in total. The van der Waals surface area contributed by atoms with E-state index in [0.717, 1.165) is 5.69 Å². The number of nitrogens with zero attached hydrogens (tertiary/aromatic N) is 3. The van der Waals surface area contributed by atoms with Crippen LogP contribution in [0.4, 0.5) is 0 Å². The molecule has 0 aliphatic rings. The summed E-state index contributed by atoms with van der Waals surface area (Å²) in [5.74, 6) is -0.0785. The minimum Gasteiger partial charge on any atom is -0.357 e. The Kier molecular flexibility index (Phi) is 4.22. The highest BCUT2D eigenvalue weighted by atomic mass is 16.2. The molecule has 1 atom stereocenters. The molecule has 0 bridgehead atoms. The fourth-order valence-electron chi connectivity index (χ4n) is 1.27. The number of likely N-dealkylation sites (N-methyl/N-ethyl adjacent to an activating group) is 1. The lowest BCUT2D eigenvalue weighted by atomic mass is 10.1. The summed E-state index contributed by atoms with van der Waals surface area (Å²) >= 11 is 0. The molecule has 0 fully saturated rings. The molecule has 1 aromatic heterocycles. The van der Waals surface area contributed by atoms with E-state index in [-0.39, 0.29) is 17.5 Å². The molecular formula is C11H21N5O. The zero-order valence-corrected chi connectivity index (χ0v) is 11.1. The molecule has 1 amide bonds. The predicted octanol–water partition coefficient (Wildman–Crippen LogP) is 0.473. The molecule has 0 saturated carbocycles. The molecule has 0 radical (unpaired) electrons. The predicted molar refractivity (Wildman–Crippen MR) is 65.4 cm³/mol. The lowest BCUT2D eigenvalue weighted by Crippen LogP contribution is -2.35. The minimum atomic E-state index is -0.337. The molecule has 1 heterocycles. The summed E-state index contributed by atoms with van der Waals surface area (Å²) in [4.78, 5) is 11.4. The zero-order valence-electron chi connectivity index (χ0n) is 11.1. The first kappa shape index (κ1) is 13.6. The Morgan fingerprint density at radius 2 is 2.18 bits per heavy atom. The largest absolute Gasteiger partial charge is 0.357 e. The lowest BCUT2D eigenvalue weighted by Gasteiger charge is -2.19. The highest BCUT2D eigenvalue weighted by Gasteiger charge is 2.16. The van der Waals surface area contributed by atoms with Gasteiger partial charge in [0.05, 0.1) is 11.9 Å². The van der Waals surface area contributed by atoms with Gasteiger partial charge in [-0.3, -0.25) is 4.79 Å². The maximum atomic E-state index is 11.4. The molecule has 0 spiro atoms. The summed E-state index contributed by atoms with van der Waals surface area (Å²) in [6.45, 7) is 8.69. The Morgan fingerprint density at radius 3 is 2.71 bits per heavy atom. The number of rotatable bonds is 4. The van der Waals surface area contributed by atoms with Crippen LogP contribution in [0, 0.1) is 0 Å². The first-order valence-electron chi connectivity index (χ1n) is 5.71. The molecule has 0 aliphatic carbocycles. The van der Waals surface area contributed by atoms with Gasteiger partial charge < -0.3 is 10.6 Å². The number of hydrogen-bond donors (Lipinski definition) is 2. The molecule has 1 rings (SSSR count). The van der Waals surface area contributed by atoms with Crippen LogP contribution in [-0.4, -0.2) is 33.5 Å². The third kappa shape index (κ3) is 4.14. The Balaban J connectivity index is 2.62. The van der Waals surface area contributed by atoms with Crippen LogP contribution in [0.5, 0.6) is 0 Å². The van der Waals surface area contributed by atoms with Crippen molar-refractivity contribution in [2.75, 3.05) is 7.05 Å². The van der Waals surface area contributed by atoms with Crippen molar-refractivity contribution in [1.82, 2.24) is 25.6 Å². The van der Waals surface area contributed by atoms with Gasteiger partial charge in [0.15, 0.2) is 0 Å². The van der Waals surface area contributed by atoms with Crippen LogP contribution in [0.3, 0.4) is 0 Å². The first-order chi connectivity index (χ1) is 7.83. The fourth-order valence-corrected chi connectivity index (χ4v) is 1.27. The van der Waals surface area contributed by atoms with E-state index in [2.05, 4.69) is 41.7 Å². The van der Waals surface area contributed by atoms with Crippen LogP contribution in [0.25, 0.3) is 0 Å².